The summed E-state index contributed by atoms with van der Waals surface area (Å²) in [6.45, 7) is 4.91. The first-order chi connectivity index (χ1) is 16.0. The van der Waals surface area contributed by atoms with E-state index in [4.69, 9.17) is 4.42 Å². The molecule has 1 aliphatic rings. The highest BCUT2D eigenvalue weighted by molar-refractivity contribution is 8.00. The highest BCUT2D eigenvalue weighted by Crippen LogP contribution is 2.34. The molecule has 33 heavy (non-hydrogen) atoms. The van der Waals surface area contributed by atoms with Gasteiger partial charge in [-0.3, -0.25) is 9.59 Å². The molecule has 0 bridgehead atoms. The van der Waals surface area contributed by atoms with Crippen LogP contribution >= 0.6 is 23.1 Å². The van der Waals surface area contributed by atoms with Gasteiger partial charge in [0, 0.05) is 18.8 Å². The molecular weight excluding hydrogens is 456 g/mol. The molecule has 0 aliphatic carbocycles. The van der Waals surface area contributed by atoms with E-state index in [9.17, 15) is 9.59 Å². The molecule has 3 heterocycles. The summed E-state index contributed by atoms with van der Waals surface area (Å²) in [6, 6.07) is 13.4. The first-order valence-electron chi connectivity index (χ1n) is 10.6. The molecule has 4 aromatic rings. The Hall–Kier alpha value is -3.17. The largest absolute Gasteiger partial charge is 0.443 e. The Labute approximate surface area is 199 Å². The Kier molecular flexibility index (Phi) is 5.90. The van der Waals surface area contributed by atoms with E-state index in [1.54, 1.807) is 30.0 Å². The number of aromatic nitrogens is 2. The molecule has 168 valence electrons. The summed E-state index contributed by atoms with van der Waals surface area (Å²) in [6.07, 6.45) is 1.33. The normalized spacial score (nSPS) is 15.8. The molecule has 5 rings (SSSR count). The lowest BCUT2D eigenvalue weighted by molar-refractivity contribution is 0.0747. The first-order valence-corrected chi connectivity index (χ1v) is 12.5. The van der Waals surface area contributed by atoms with Crippen molar-refractivity contribution in [1.29, 1.82) is 0 Å². The van der Waals surface area contributed by atoms with E-state index in [1.165, 1.54) is 17.7 Å². The van der Waals surface area contributed by atoms with Gasteiger partial charge in [0.15, 0.2) is 12.0 Å². The number of nitrogens with zero attached hydrogens (tertiary/aromatic N) is 3. The lowest BCUT2D eigenvalue weighted by Gasteiger charge is -2.24. The van der Waals surface area contributed by atoms with Crippen LogP contribution in [0.25, 0.3) is 21.5 Å². The number of fused-ring (bicyclic) bond motifs is 1. The second kappa shape index (κ2) is 8.99. The summed E-state index contributed by atoms with van der Waals surface area (Å²) in [5.74, 6) is 0.478. The van der Waals surface area contributed by atoms with Gasteiger partial charge in [-0.25, -0.2) is 9.97 Å². The van der Waals surface area contributed by atoms with Crippen LogP contribution in [0.3, 0.4) is 0 Å². The van der Waals surface area contributed by atoms with Crippen LogP contribution in [-0.4, -0.2) is 50.9 Å². The number of thiazole rings is 1. The first kappa shape index (κ1) is 21.7. The number of rotatable bonds is 5. The smallest absolute Gasteiger partial charge is 0.274 e. The maximum Gasteiger partial charge on any atom is 0.274 e. The van der Waals surface area contributed by atoms with Crippen LogP contribution in [-0.2, 0) is 0 Å². The molecule has 1 saturated heterocycles. The number of benzene rings is 2. The van der Waals surface area contributed by atoms with Crippen LogP contribution < -0.4 is 5.32 Å². The number of hydrogen-bond donors (Lipinski definition) is 1. The van der Waals surface area contributed by atoms with Crippen molar-refractivity contribution in [3.63, 3.8) is 0 Å². The van der Waals surface area contributed by atoms with Crippen molar-refractivity contribution >= 4 is 46.0 Å². The molecule has 1 fully saturated rings. The topological polar surface area (TPSA) is 88.3 Å². The molecule has 2 aromatic carbocycles. The highest BCUT2D eigenvalue weighted by Gasteiger charge is 2.33. The van der Waals surface area contributed by atoms with Gasteiger partial charge in [-0.05, 0) is 31.5 Å². The van der Waals surface area contributed by atoms with Crippen LogP contribution in [0, 0.1) is 13.8 Å². The van der Waals surface area contributed by atoms with Crippen molar-refractivity contribution < 1.29 is 14.0 Å². The predicted octanol–water partition coefficient (Wildman–Crippen LogP) is 4.51. The quantitative estimate of drug-likeness (QED) is 0.454. The van der Waals surface area contributed by atoms with Crippen LogP contribution in [0.15, 0.2) is 53.3 Å². The maximum atomic E-state index is 13.5. The average molecular weight is 479 g/mol. The summed E-state index contributed by atoms with van der Waals surface area (Å²) in [7, 11) is 0. The Balaban J connectivity index is 1.34. The Bertz CT molecular complexity index is 1350. The predicted molar refractivity (Wildman–Crippen MR) is 131 cm³/mol. The number of thioether (sulfide) groups is 1. The van der Waals surface area contributed by atoms with Gasteiger partial charge >= 0.3 is 0 Å². The third kappa shape index (κ3) is 4.26. The van der Waals surface area contributed by atoms with Gasteiger partial charge in [0.05, 0.1) is 20.8 Å². The fourth-order valence-corrected chi connectivity index (χ4v) is 6.02. The second-order valence-electron chi connectivity index (χ2n) is 7.82. The zero-order valence-corrected chi connectivity index (χ0v) is 19.8. The molecule has 2 amide bonds. The standard InChI is InChI=1S/C24H22N4O3S2/c1-14-5-3-6-16(11-14)22-21(27-15(2)33-22)24(30)28-9-10-32-19(28)12-25-23(29)17-7-4-8-18-20(17)26-13-31-18/h3-8,11,13,19H,9-10,12H2,1-2H3,(H,25,29). The van der Waals surface area contributed by atoms with Crippen molar-refractivity contribution in [3.05, 3.63) is 70.7 Å². The molecule has 1 N–H and O–H groups in total. The van der Waals surface area contributed by atoms with Gasteiger partial charge in [0.2, 0.25) is 0 Å². The molecule has 0 spiro atoms. The molecule has 0 saturated carbocycles. The summed E-state index contributed by atoms with van der Waals surface area (Å²) >= 11 is 3.19. The number of amides is 2. The van der Waals surface area contributed by atoms with Crippen LogP contribution in [0.2, 0.25) is 0 Å². The van der Waals surface area contributed by atoms with Crippen LogP contribution in [0.5, 0.6) is 0 Å². The molecule has 1 aliphatic heterocycles. The van der Waals surface area contributed by atoms with Crippen molar-refractivity contribution in [2.75, 3.05) is 18.8 Å². The third-order valence-corrected chi connectivity index (χ3v) is 7.75. The molecule has 9 heteroatoms. The Morgan fingerprint density at radius 2 is 2.06 bits per heavy atom. The van der Waals surface area contributed by atoms with E-state index in [1.807, 2.05) is 36.9 Å². The number of nitrogens with one attached hydrogen (secondary N) is 1. The molecule has 1 unspecified atom stereocenters. The lowest BCUT2D eigenvalue weighted by Crippen LogP contribution is -2.42. The second-order valence-corrected chi connectivity index (χ2v) is 10.3. The van der Waals surface area contributed by atoms with Crippen molar-refractivity contribution in [2.24, 2.45) is 0 Å². The van der Waals surface area contributed by atoms with Crippen molar-refractivity contribution in [3.8, 4) is 10.4 Å². The van der Waals surface area contributed by atoms with Crippen LogP contribution in [0.1, 0.15) is 31.4 Å². The zero-order valence-electron chi connectivity index (χ0n) is 18.2. The van der Waals surface area contributed by atoms with E-state index in [0.29, 0.717) is 35.4 Å². The minimum atomic E-state index is -0.237. The maximum absolute atomic E-state index is 13.5. The lowest BCUT2D eigenvalue weighted by atomic mass is 10.1. The number of hydrogen-bond acceptors (Lipinski definition) is 7. The van der Waals surface area contributed by atoms with Gasteiger partial charge in [0.1, 0.15) is 11.2 Å². The Morgan fingerprint density at radius 3 is 2.91 bits per heavy atom. The van der Waals surface area contributed by atoms with Gasteiger partial charge in [-0.1, -0.05) is 35.9 Å². The van der Waals surface area contributed by atoms with E-state index in [2.05, 4.69) is 21.4 Å². The molecule has 2 aromatic heterocycles. The minimum Gasteiger partial charge on any atom is -0.443 e. The van der Waals surface area contributed by atoms with Gasteiger partial charge in [-0.2, -0.15) is 0 Å². The van der Waals surface area contributed by atoms with Gasteiger partial charge < -0.3 is 14.6 Å². The van der Waals surface area contributed by atoms with E-state index < -0.39 is 0 Å². The summed E-state index contributed by atoms with van der Waals surface area (Å²) in [4.78, 5) is 37.8. The van der Waals surface area contributed by atoms with E-state index >= 15 is 0 Å². The summed E-state index contributed by atoms with van der Waals surface area (Å²) in [5.41, 5.74) is 4.17. The van der Waals surface area contributed by atoms with Crippen molar-refractivity contribution in [1.82, 2.24) is 20.2 Å². The summed E-state index contributed by atoms with van der Waals surface area (Å²) < 4.78 is 5.29. The molecule has 7 nitrogen and oxygen atoms in total. The molecule has 1 atom stereocenters. The SMILES string of the molecule is Cc1cccc(-c2sc(C)nc2C(=O)N2CCSC2CNC(=O)c2cccc3ocnc23)c1. The number of aryl methyl sites for hydroxylation is 2. The minimum absolute atomic E-state index is 0.0984. The van der Waals surface area contributed by atoms with Gasteiger partial charge in [0.25, 0.3) is 11.8 Å². The van der Waals surface area contributed by atoms with Crippen LogP contribution in [0.4, 0.5) is 0 Å². The van der Waals surface area contributed by atoms with Gasteiger partial charge in [-0.15, -0.1) is 23.1 Å². The number of carbonyl (C=O) groups is 2. The third-order valence-electron chi connectivity index (χ3n) is 5.51. The Morgan fingerprint density at radius 1 is 1.21 bits per heavy atom. The fraction of sp³-hybridized carbons (Fsp3) is 0.250. The van der Waals surface area contributed by atoms with E-state index in [0.717, 1.165) is 26.8 Å². The molecule has 0 radical (unpaired) electrons. The van der Waals surface area contributed by atoms with E-state index in [-0.39, 0.29) is 17.2 Å². The average Bonchev–Trinajstić information content (AvgIpc) is 3.55. The van der Waals surface area contributed by atoms with Crippen molar-refractivity contribution in [2.45, 2.75) is 19.2 Å². The summed E-state index contributed by atoms with van der Waals surface area (Å²) in [5, 5.41) is 3.66. The highest BCUT2D eigenvalue weighted by atomic mass is 32.2. The fourth-order valence-electron chi connectivity index (χ4n) is 3.96. The number of carbonyl (C=O) groups excluding carboxylic acids is 2. The zero-order chi connectivity index (χ0) is 22.9. The number of oxazole rings is 1. The molecular formula is C24H22N4O3S2. The number of para-hydroxylation sites is 1. The monoisotopic (exact) mass is 478 g/mol.